The third kappa shape index (κ3) is 1.67. The molecule has 0 atom stereocenters. The summed E-state index contributed by atoms with van der Waals surface area (Å²) in [6, 6.07) is 9.23. The molecule has 0 amide bonds. The van der Waals surface area contributed by atoms with E-state index < -0.39 is 0 Å². The summed E-state index contributed by atoms with van der Waals surface area (Å²) in [5.74, 6) is 0.126. The zero-order chi connectivity index (χ0) is 7.40. The summed E-state index contributed by atoms with van der Waals surface area (Å²) in [5.41, 5.74) is 0.763. The summed E-state index contributed by atoms with van der Waals surface area (Å²) in [7, 11) is 0. The normalized spacial score (nSPS) is 9.30. The molecule has 0 bridgehead atoms. The first-order valence-electron chi connectivity index (χ1n) is 2.99. The van der Waals surface area contributed by atoms with Gasteiger partial charge in [-0.3, -0.25) is 4.79 Å². The molecule has 0 aliphatic carbocycles. The first-order valence-corrected chi connectivity index (χ1v) is 4.11. The van der Waals surface area contributed by atoms with E-state index in [1.807, 2.05) is 30.3 Å². The van der Waals surface area contributed by atoms with E-state index in [9.17, 15) is 4.79 Å². The number of carbonyl (C=O) groups excluding carboxylic acids is 1. The van der Waals surface area contributed by atoms with Gasteiger partial charge in [0.1, 0.15) is 0 Å². The Kier molecular flexibility index (Phi) is 2.63. The Morgan fingerprint density at radius 3 is 2.40 bits per heavy atom. The maximum absolute atomic E-state index is 11.0. The zero-order valence-electron chi connectivity index (χ0n) is 5.38. The first kappa shape index (κ1) is 7.48. The highest BCUT2D eigenvalue weighted by molar-refractivity contribution is 9.09. The van der Waals surface area contributed by atoms with Crippen molar-refractivity contribution in [3.63, 3.8) is 0 Å². The van der Waals surface area contributed by atoms with Gasteiger partial charge in [-0.2, -0.15) is 0 Å². The fraction of sp³-hybridized carbons (Fsp3) is 0.125. The van der Waals surface area contributed by atoms with Gasteiger partial charge in [-0.15, -0.1) is 0 Å². The quantitative estimate of drug-likeness (QED) is 0.533. The fourth-order valence-corrected chi connectivity index (χ4v) is 1.02. The summed E-state index contributed by atoms with van der Waals surface area (Å²) < 4.78 is 0. The molecule has 0 aromatic heterocycles. The summed E-state index contributed by atoms with van der Waals surface area (Å²) >= 11 is 3.10. The Morgan fingerprint density at radius 1 is 1.30 bits per heavy atom. The topological polar surface area (TPSA) is 17.1 Å². The van der Waals surface area contributed by atoms with Gasteiger partial charge >= 0.3 is 0 Å². The average molecular weight is 204 g/mol. The third-order valence-corrected chi connectivity index (χ3v) is 1.73. The van der Waals surface area contributed by atoms with Crippen LogP contribution < -0.4 is 0 Å². The molecule has 10 heavy (non-hydrogen) atoms. The molecule has 1 aromatic carbocycles. The van der Waals surface area contributed by atoms with E-state index in [1.165, 1.54) is 0 Å². The Labute approximate surface area is 68.2 Å². The highest BCUT2D eigenvalue weighted by atomic mass is 79.9. The minimum Gasteiger partial charge on any atom is -0.293 e. The smallest absolute Gasteiger partial charge is 0.173 e. The van der Waals surface area contributed by atoms with Gasteiger partial charge in [0.15, 0.2) is 5.78 Å². The van der Waals surface area contributed by atoms with Crippen LogP contribution >= 0.6 is 15.9 Å². The number of hydrogen-bond acceptors (Lipinski definition) is 1. The van der Waals surface area contributed by atoms with Crippen molar-refractivity contribution in [1.29, 1.82) is 0 Å². The minimum atomic E-state index is 0.126. The lowest BCUT2D eigenvalue weighted by molar-refractivity contribution is 0.102. The minimum absolute atomic E-state index is 0.126. The molecule has 1 rings (SSSR count). The highest BCUT2D eigenvalue weighted by Crippen LogP contribution is 2.01. The second kappa shape index (κ2) is 3.52. The van der Waals surface area contributed by atoms with Crippen LogP contribution in [0, 0.1) is 0 Å². The maximum Gasteiger partial charge on any atom is 0.173 e. The Morgan fingerprint density at radius 2 is 1.90 bits per heavy atom. The lowest BCUT2D eigenvalue weighted by atomic mass is 10.4. The molecule has 0 unspecified atom stereocenters. The molecule has 0 N–H and O–H groups in total. The van der Waals surface area contributed by atoms with E-state index >= 15 is 0 Å². The molecular formula is C8H7BrO. The van der Waals surface area contributed by atoms with Crippen molar-refractivity contribution >= 4 is 21.7 Å². The molecule has 1 nitrogen and oxygen atoms in total. The Bertz CT molecular complexity index is 218. The van der Waals surface area contributed by atoms with Crippen molar-refractivity contribution in [2.75, 3.05) is 5.33 Å². The highest BCUT2D eigenvalue weighted by Gasteiger charge is 1.99. The van der Waals surface area contributed by atoms with Gasteiger partial charge in [0.05, 0.1) is 5.33 Å². The Balaban J connectivity index is 2.85. The summed E-state index contributed by atoms with van der Waals surface area (Å²) in [6.07, 6.45) is 0. The number of hydrogen-bond donors (Lipinski definition) is 0. The van der Waals surface area contributed by atoms with Gasteiger partial charge in [-0.05, 0) is 0 Å². The van der Waals surface area contributed by atoms with Crippen LogP contribution in [0.1, 0.15) is 10.4 Å². The van der Waals surface area contributed by atoms with Gasteiger partial charge in [0, 0.05) is 5.56 Å². The number of alkyl halides is 1. The molecule has 0 saturated carbocycles. The second-order valence-electron chi connectivity index (χ2n) is 1.92. The average Bonchev–Trinajstić information content (AvgIpc) is 2.05. The number of carbonyl (C=O) groups is 1. The maximum atomic E-state index is 11.0. The van der Waals surface area contributed by atoms with Gasteiger partial charge < -0.3 is 0 Å². The van der Waals surface area contributed by atoms with Gasteiger partial charge in [0.2, 0.25) is 0 Å². The lowest BCUT2D eigenvalue weighted by Crippen LogP contribution is -1.98. The summed E-state index contributed by atoms with van der Waals surface area (Å²) in [5, 5.41) is 0.400. The molecule has 1 aromatic rings. The van der Waals surface area contributed by atoms with Crippen LogP contribution in [0.2, 0.25) is 0 Å². The summed E-state index contributed by atoms with van der Waals surface area (Å²) in [6.45, 7) is 0. The van der Waals surface area contributed by atoms with Crippen LogP contribution in [0.15, 0.2) is 30.3 Å². The second-order valence-corrected chi connectivity index (χ2v) is 2.48. The van der Waals surface area contributed by atoms with E-state index in [-0.39, 0.29) is 5.78 Å². The molecule has 0 saturated heterocycles. The zero-order valence-corrected chi connectivity index (χ0v) is 6.97. The molecule has 0 aliphatic heterocycles. The van der Waals surface area contributed by atoms with Crippen molar-refractivity contribution in [3.8, 4) is 0 Å². The molecule has 0 heterocycles. The van der Waals surface area contributed by atoms with E-state index in [0.29, 0.717) is 5.33 Å². The molecule has 0 radical (unpaired) electrons. The number of ketones is 1. The standard InChI is InChI=1S/C8H7BrO/c9-6-8(10)7-4-2-1-3-5-7/h1-5H,6H2/i1+1,2+1,3+1,4+1,5+1. The van der Waals surface area contributed by atoms with E-state index in [2.05, 4.69) is 15.9 Å². The Hall–Kier alpha value is -0.630. The van der Waals surface area contributed by atoms with E-state index in [4.69, 9.17) is 0 Å². The van der Waals surface area contributed by atoms with Crippen LogP contribution in [0.4, 0.5) is 0 Å². The predicted molar refractivity (Wildman–Crippen MR) is 44.6 cm³/mol. The van der Waals surface area contributed by atoms with Crippen molar-refractivity contribution < 1.29 is 4.79 Å². The largest absolute Gasteiger partial charge is 0.293 e. The monoisotopic (exact) mass is 203 g/mol. The third-order valence-electron chi connectivity index (χ3n) is 1.22. The molecule has 52 valence electrons. The van der Waals surface area contributed by atoms with Crippen LogP contribution in [0.5, 0.6) is 0 Å². The predicted octanol–water partition coefficient (Wildman–Crippen LogP) is 2.26. The van der Waals surface area contributed by atoms with Gasteiger partial charge in [-0.1, -0.05) is 46.3 Å². The summed E-state index contributed by atoms with van der Waals surface area (Å²) in [4.78, 5) is 11.0. The number of rotatable bonds is 2. The van der Waals surface area contributed by atoms with E-state index in [0.717, 1.165) is 5.56 Å². The number of benzene rings is 1. The lowest BCUT2D eigenvalue weighted by Gasteiger charge is -1.92. The van der Waals surface area contributed by atoms with Crippen LogP contribution in [0.3, 0.4) is 0 Å². The molecule has 0 spiro atoms. The fourth-order valence-electron chi connectivity index (χ4n) is 0.701. The van der Waals surface area contributed by atoms with Gasteiger partial charge in [0.25, 0.3) is 0 Å². The van der Waals surface area contributed by atoms with Crippen LogP contribution in [0.25, 0.3) is 0 Å². The number of halogens is 1. The molecule has 0 fully saturated rings. The van der Waals surface area contributed by atoms with E-state index in [1.54, 1.807) is 0 Å². The molecule has 0 aliphatic rings. The first-order chi connectivity index (χ1) is 4.84. The van der Waals surface area contributed by atoms with Crippen molar-refractivity contribution in [1.82, 2.24) is 0 Å². The van der Waals surface area contributed by atoms with Crippen LogP contribution in [-0.4, -0.2) is 11.1 Å². The SMILES string of the molecule is O=C(CBr)c1[13cH][13cH][13cH][13cH][13cH]1. The molecule has 2 heteroatoms. The molecular weight excluding hydrogens is 197 g/mol. The number of Topliss-reactive ketones (excluding diaryl/α,β-unsaturated/α-hetero) is 1. The van der Waals surface area contributed by atoms with Gasteiger partial charge in [-0.25, -0.2) is 0 Å². The van der Waals surface area contributed by atoms with Crippen LogP contribution in [-0.2, 0) is 0 Å². The van der Waals surface area contributed by atoms with Crippen molar-refractivity contribution in [2.45, 2.75) is 0 Å². The van der Waals surface area contributed by atoms with Crippen molar-refractivity contribution in [3.05, 3.63) is 35.9 Å². The van der Waals surface area contributed by atoms with Crippen molar-refractivity contribution in [2.24, 2.45) is 0 Å².